The zero-order chi connectivity index (χ0) is 21.8. The Morgan fingerprint density at radius 1 is 1.10 bits per heavy atom. The average molecular weight is 411 g/mol. The second-order valence-corrected chi connectivity index (χ2v) is 7.03. The van der Waals surface area contributed by atoms with Crippen LogP contribution in [-0.2, 0) is 4.79 Å². The number of hydrogen-bond acceptors (Lipinski definition) is 5. The normalized spacial score (nSPS) is 11.0. The van der Waals surface area contributed by atoms with Crippen molar-refractivity contribution in [1.29, 1.82) is 0 Å². The number of aryl methyl sites for hydroxylation is 1. The number of aromatic nitrogens is 3. The van der Waals surface area contributed by atoms with Crippen LogP contribution < -0.4 is 16.2 Å². The molecule has 0 aliphatic heterocycles. The molecule has 0 fully saturated rings. The molecule has 2 aromatic carbocycles. The number of carbonyl (C=O) groups is 1. The maximum atomic E-state index is 12.2. The first kappa shape index (κ1) is 20.0. The van der Waals surface area contributed by atoms with E-state index >= 15 is 0 Å². The molecule has 0 spiro atoms. The smallest absolute Gasteiger partial charge is 0.256 e. The first-order valence-corrected chi connectivity index (χ1v) is 9.80. The number of allylic oxidation sites excluding steroid dienone is 1. The number of anilines is 3. The van der Waals surface area contributed by atoms with Crippen molar-refractivity contribution >= 4 is 34.1 Å². The Labute approximate surface area is 178 Å². The van der Waals surface area contributed by atoms with E-state index in [-0.39, 0.29) is 11.5 Å². The van der Waals surface area contributed by atoms with Crippen LogP contribution in [0.2, 0.25) is 0 Å². The van der Waals surface area contributed by atoms with Crippen molar-refractivity contribution in [1.82, 2.24) is 15.0 Å². The van der Waals surface area contributed by atoms with Crippen molar-refractivity contribution in [2.24, 2.45) is 0 Å². The molecular weight excluding hydrogens is 390 g/mol. The Bertz CT molecular complexity index is 1360. The fourth-order valence-electron chi connectivity index (χ4n) is 3.32. The van der Waals surface area contributed by atoms with E-state index in [2.05, 4.69) is 25.6 Å². The molecule has 7 nitrogen and oxygen atoms in total. The summed E-state index contributed by atoms with van der Waals surface area (Å²) in [6.07, 6.45) is 6.51. The maximum absolute atomic E-state index is 12.2. The van der Waals surface area contributed by atoms with Crippen LogP contribution in [-0.4, -0.2) is 20.9 Å². The van der Waals surface area contributed by atoms with Crippen molar-refractivity contribution in [2.75, 3.05) is 10.6 Å². The molecule has 3 N–H and O–H groups in total. The quantitative estimate of drug-likeness (QED) is 0.418. The highest BCUT2D eigenvalue weighted by atomic mass is 16.1. The van der Waals surface area contributed by atoms with Crippen LogP contribution in [0.1, 0.15) is 12.5 Å². The van der Waals surface area contributed by atoms with Gasteiger partial charge in [-0.05, 0) is 67.4 Å². The molecule has 2 aromatic heterocycles. The lowest BCUT2D eigenvalue weighted by Crippen LogP contribution is -2.09. The van der Waals surface area contributed by atoms with Gasteiger partial charge in [-0.25, -0.2) is 9.97 Å². The highest BCUT2D eigenvalue weighted by Crippen LogP contribution is 2.25. The molecule has 0 saturated carbocycles. The number of benzene rings is 2. The van der Waals surface area contributed by atoms with Gasteiger partial charge in [-0.3, -0.25) is 9.59 Å². The lowest BCUT2D eigenvalue weighted by atomic mass is 10.0. The Morgan fingerprint density at radius 3 is 2.74 bits per heavy atom. The predicted octanol–water partition coefficient (Wildman–Crippen LogP) is 4.55. The zero-order valence-corrected chi connectivity index (χ0v) is 17.1. The van der Waals surface area contributed by atoms with Crippen LogP contribution in [0.15, 0.2) is 77.9 Å². The van der Waals surface area contributed by atoms with Crippen LogP contribution in [0.5, 0.6) is 0 Å². The molecule has 1 amide bonds. The van der Waals surface area contributed by atoms with Crippen molar-refractivity contribution in [3.05, 3.63) is 89.0 Å². The van der Waals surface area contributed by atoms with Gasteiger partial charge in [0.25, 0.3) is 5.56 Å². The van der Waals surface area contributed by atoms with Gasteiger partial charge < -0.3 is 15.6 Å². The molecule has 2 heterocycles. The molecule has 154 valence electrons. The topological polar surface area (TPSA) is 99.8 Å². The molecule has 0 aliphatic carbocycles. The van der Waals surface area contributed by atoms with Crippen LogP contribution in [0.25, 0.3) is 22.0 Å². The highest BCUT2D eigenvalue weighted by Gasteiger charge is 2.09. The van der Waals surface area contributed by atoms with E-state index in [0.29, 0.717) is 17.2 Å². The van der Waals surface area contributed by atoms with Gasteiger partial charge in [-0.15, -0.1) is 0 Å². The number of pyridine rings is 1. The summed E-state index contributed by atoms with van der Waals surface area (Å²) in [6.45, 7) is 3.70. The number of amides is 1. The van der Waals surface area contributed by atoms with Gasteiger partial charge in [-0.1, -0.05) is 18.2 Å². The third-order valence-corrected chi connectivity index (χ3v) is 4.74. The van der Waals surface area contributed by atoms with Crippen LogP contribution in [0.4, 0.5) is 17.3 Å². The van der Waals surface area contributed by atoms with Crippen molar-refractivity contribution in [2.45, 2.75) is 13.8 Å². The number of aromatic amines is 1. The summed E-state index contributed by atoms with van der Waals surface area (Å²) in [7, 11) is 0. The zero-order valence-electron chi connectivity index (χ0n) is 17.1. The molecule has 0 aliphatic rings. The minimum Gasteiger partial charge on any atom is -0.329 e. The minimum absolute atomic E-state index is 0.125. The van der Waals surface area contributed by atoms with E-state index in [1.54, 1.807) is 25.4 Å². The highest BCUT2D eigenvalue weighted by molar-refractivity contribution is 5.99. The Kier molecular flexibility index (Phi) is 5.57. The van der Waals surface area contributed by atoms with Crippen LogP contribution in [0.3, 0.4) is 0 Å². The Morgan fingerprint density at radius 2 is 1.94 bits per heavy atom. The van der Waals surface area contributed by atoms with Gasteiger partial charge in [0.05, 0.1) is 5.52 Å². The van der Waals surface area contributed by atoms with E-state index in [4.69, 9.17) is 0 Å². The molecule has 31 heavy (non-hydrogen) atoms. The van der Waals surface area contributed by atoms with Crippen LogP contribution >= 0.6 is 0 Å². The van der Waals surface area contributed by atoms with Gasteiger partial charge in [0.1, 0.15) is 0 Å². The second kappa shape index (κ2) is 8.62. The fourth-order valence-corrected chi connectivity index (χ4v) is 3.32. The van der Waals surface area contributed by atoms with Crippen molar-refractivity contribution < 1.29 is 4.79 Å². The van der Waals surface area contributed by atoms with Crippen molar-refractivity contribution in [3.8, 4) is 11.1 Å². The Hall–Kier alpha value is -4.26. The molecule has 0 radical (unpaired) electrons. The number of nitrogens with one attached hydrogen (secondary N) is 3. The average Bonchev–Trinajstić information content (AvgIpc) is 2.74. The van der Waals surface area contributed by atoms with Gasteiger partial charge >= 0.3 is 0 Å². The molecule has 4 aromatic rings. The summed E-state index contributed by atoms with van der Waals surface area (Å²) < 4.78 is 0. The molecule has 7 heteroatoms. The third kappa shape index (κ3) is 4.51. The first-order valence-electron chi connectivity index (χ1n) is 9.80. The fraction of sp³-hybridized carbons (Fsp3) is 0.0833. The third-order valence-electron chi connectivity index (χ3n) is 4.74. The van der Waals surface area contributed by atoms with E-state index in [0.717, 1.165) is 27.7 Å². The minimum atomic E-state index is -0.190. The molecular formula is C24H21N5O2. The summed E-state index contributed by atoms with van der Waals surface area (Å²) in [5.41, 5.74) is 4.42. The first-order chi connectivity index (χ1) is 15.0. The summed E-state index contributed by atoms with van der Waals surface area (Å²) in [6, 6.07) is 14.9. The largest absolute Gasteiger partial charge is 0.329 e. The summed E-state index contributed by atoms with van der Waals surface area (Å²) in [5.74, 6) is 0.246. The molecule has 0 bridgehead atoms. The van der Waals surface area contributed by atoms with Crippen molar-refractivity contribution in [3.63, 3.8) is 0 Å². The van der Waals surface area contributed by atoms with E-state index in [1.165, 1.54) is 6.08 Å². The number of carbonyl (C=O) groups excluding carboxylic acids is 1. The number of nitrogens with zero attached hydrogens (tertiary/aromatic N) is 2. The standard InChI is InChI=1S/C24H21N5O2/c1-3-5-21(30)27-18-6-4-7-19(13-18)28-24-26-14-17-12-16(8-9-20(17)29-24)22-15(2)10-11-25-23(22)31/h3-14H,1-2H3,(H,25,31)(H,27,30)(H,26,28,29)/b5-3+. The van der Waals surface area contributed by atoms with E-state index < -0.39 is 0 Å². The Balaban J connectivity index is 1.59. The molecule has 4 rings (SSSR count). The molecule has 0 unspecified atom stereocenters. The van der Waals surface area contributed by atoms with Gasteiger partial charge in [0.2, 0.25) is 11.9 Å². The SMILES string of the molecule is C/C=C/C(=O)Nc1cccc(Nc2ncc3cc(-c4c(C)cc[nH]c4=O)ccc3n2)c1. The monoisotopic (exact) mass is 411 g/mol. The number of fused-ring (bicyclic) bond motifs is 1. The number of rotatable bonds is 5. The van der Waals surface area contributed by atoms with Gasteiger partial charge in [-0.2, -0.15) is 0 Å². The summed E-state index contributed by atoms with van der Waals surface area (Å²) in [4.78, 5) is 35.7. The van der Waals surface area contributed by atoms with Crippen LogP contribution in [0, 0.1) is 6.92 Å². The summed E-state index contributed by atoms with van der Waals surface area (Å²) >= 11 is 0. The molecule has 0 saturated heterocycles. The number of hydrogen-bond donors (Lipinski definition) is 3. The number of H-pyrrole nitrogens is 1. The van der Waals surface area contributed by atoms with Gasteiger partial charge in [0.15, 0.2) is 0 Å². The predicted molar refractivity (Wildman–Crippen MR) is 124 cm³/mol. The maximum Gasteiger partial charge on any atom is 0.256 e. The lowest BCUT2D eigenvalue weighted by molar-refractivity contribution is -0.111. The summed E-state index contributed by atoms with van der Waals surface area (Å²) in [5, 5.41) is 6.79. The van der Waals surface area contributed by atoms with Gasteiger partial charge in [0, 0.05) is 34.7 Å². The molecule has 0 atom stereocenters. The lowest BCUT2D eigenvalue weighted by Gasteiger charge is -2.09. The van der Waals surface area contributed by atoms with E-state index in [9.17, 15) is 9.59 Å². The van der Waals surface area contributed by atoms with E-state index in [1.807, 2.05) is 55.5 Å². The second-order valence-electron chi connectivity index (χ2n) is 7.03.